The van der Waals surface area contributed by atoms with E-state index in [-0.39, 0.29) is 0 Å². The Morgan fingerprint density at radius 2 is 2.27 bits per heavy atom. The third-order valence-electron chi connectivity index (χ3n) is 3.25. The van der Waals surface area contributed by atoms with Gasteiger partial charge in [0.15, 0.2) is 0 Å². The zero-order valence-corrected chi connectivity index (χ0v) is 10.4. The van der Waals surface area contributed by atoms with Crippen molar-refractivity contribution in [1.82, 2.24) is 10.6 Å². The van der Waals surface area contributed by atoms with Crippen LogP contribution < -0.4 is 10.6 Å². The SMILES string of the molecule is CCNC(C)CCNCC1CCOC1C. The Bertz CT molecular complexity index is 164. The van der Waals surface area contributed by atoms with Crippen LogP contribution in [0.2, 0.25) is 0 Å². The van der Waals surface area contributed by atoms with Gasteiger partial charge < -0.3 is 15.4 Å². The van der Waals surface area contributed by atoms with Crippen LogP contribution in [0.5, 0.6) is 0 Å². The quantitative estimate of drug-likeness (QED) is 0.628. The largest absolute Gasteiger partial charge is 0.378 e. The first-order valence-electron chi connectivity index (χ1n) is 6.29. The topological polar surface area (TPSA) is 33.3 Å². The molecule has 0 aromatic rings. The summed E-state index contributed by atoms with van der Waals surface area (Å²) >= 11 is 0. The molecular weight excluding hydrogens is 188 g/mol. The van der Waals surface area contributed by atoms with Gasteiger partial charge in [0.2, 0.25) is 0 Å². The smallest absolute Gasteiger partial charge is 0.0588 e. The Morgan fingerprint density at radius 1 is 1.47 bits per heavy atom. The fourth-order valence-corrected chi connectivity index (χ4v) is 2.10. The number of hydrogen-bond acceptors (Lipinski definition) is 3. The van der Waals surface area contributed by atoms with Crippen molar-refractivity contribution in [3.8, 4) is 0 Å². The second-order valence-electron chi connectivity index (χ2n) is 4.58. The molecule has 0 amide bonds. The minimum Gasteiger partial charge on any atom is -0.378 e. The molecule has 1 saturated heterocycles. The minimum atomic E-state index is 0.448. The Kier molecular flexibility index (Phi) is 6.22. The van der Waals surface area contributed by atoms with Gasteiger partial charge in [0.1, 0.15) is 0 Å². The van der Waals surface area contributed by atoms with Crippen molar-refractivity contribution in [2.45, 2.75) is 45.8 Å². The minimum absolute atomic E-state index is 0.448. The van der Waals surface area contributed by atoms with Crippen LogP contribution in [0.15, 0.2) is 0 Å². The zero-order valence-electron chi connectivity index (χ0n) is 10.4. The fraction of sp³-hybridized carbons (Fsp3) is 1.00. The van der Waals surface area contributed by atoms with Gasteiger partial charge in [0.25, 0.3) is 0 Å². The lowest BCUT2D eigenvalue weighted by Gasteiger charge is -2.16. The van der Waals surface area contributed by atoms with E-state index >= 15 is 0 Å². The van der Waals surface area contributed by atoms with E-state index in [1.165, 1.54) is 12.8 Å². The van der Waals surface area contributed by atoms with Crippen LogP contribution in [0, 0.1) is 5.92 Å². The van der Waals surface area contributed by atoms with Crippen LogP contribution in [-0.2, 0) is 4.74 Å². The van der Waals surface area contributed by atoms with Gasteiger partial charge in [-0.3, -0.25) is 0 Å². The molecule has 15 heavy (non-hydrogen) atoms. The summed E-state index contributed by atoms with van der Waals surface area (Å²) in [6.45, 7) is 10.8. The highest BCUT2D eigenvalue weighted by molar-refractivity contribution is 4.74. The van der Waals surface area contributed by atoms with E-state index in [0.29, 0.717) is 12.1 Å². The maximum atomic E-state index is 5.53. The number of hydrogen-bond donors (Lipinski definition) is 2. The average Bonchev–Trinajstić information content (AvgIpc) is 2.60. The van der Waals surface area contributed by atoms with Gasteiger partial charge >= 0.3 is 0 Å². The summed E-state index contributed by atoms with van der Waals surface area (Å²) in [5.41, 5.74) is 0. The number of rotatable bonds is 7. The van der Waals surface area contributed by atoms with Crippen molar-refractivity contribution in [1.29, 1.82) is 0 Å². The standard InChI is InChI=1S/C12H26N2O/c1-4-14-10(2)5-7-13-9-12-6-8-15-11(12)3/h10-14H,4-9H2,1-3H3. The molecule has 0 saturated carbocycles. The lowest BCUT2D eigenvalue weighted by molar-refractivity contribution is 0.105. The predicted octanol–water partition coefficient (Wildman–Crippen LogP) is 1.39. The lowest BCUT2D eigenvalue weighted by Crippen LogP contribution is -2.32. The second-order valence-corrected chi connectivity index (χ2v) is 4.58. The highest BCUT2D eigenvalue weighted by Crippen LogP contribution is 2.19. The normalized spacial score (nSPS) is 28.2. The molecule has 3 unspecified atom stereocenters. The first kappa shape index (κ1) is 12.9. The Balaban J connectivity index is 1.96. The molecule has 1 heterocycles. The van der Waals surface area contributed by atoms with Gasteiger partial charge in [0.05, 0.1) is 6.10 Å². The highest BCUT2D eigenvalue weighted by Gasteiger charge is 2.23. The van der Waals surface area contributed by atoms with E-state index in [1.807, 2.05) is 0 Å². The molecule has 1 rings (SSSR count). The summed E-state index contributed by atoms with van der Waals surface area (Å²) in [6, 6.07) is 0.625. The van der Waals surface area contributed by atoms with Gasteiger partial charge in [-0.25, -0.2) is 0 Å². The molecular formula is C12H26N2O. The van der Waals surface area contributed by atoms with Gasteiger partial charge in [-0.15, -0.1) is 0 Å². The zero-order chi connectivity index (χ0) is 11.1. The molecule has 3 heteroatoms. The van der Waals surface area contributed by atoms with Gasteiger partial charge in [0, 0.05) is 19.2 Å². The molecule has 0 spiro atoms. The average molecular weight is 214 g/mol. The van der Waals surface area contributed by atoms with E-state index in [0.717, 1.165) is 32.2 Å². The molecule has 0 radical (unpaired) electrons. The van der Waals surface area contributed by atoms with Gasteiger partial charge in [-0.2, -0.15) is 0 Å². The third-order valence-corrected chi connectivity index (χ3v) is 3.25. The van der Waals surface area contributed by atoms with E-state index in [9.17, 15) is 0 Å². The number of nitrogens with one attached hydrogen (secondary N) is 2. The maximum absolute atomic E-state index is 5.53. The van der Waals surface area contributed by atoms with Crippen molar-refractivity contribution in [2.75, 3.05) is 26.2 Å². The Labute approximate surface area is 94.0 Å². The monoisotopic (exact) mass is 214 g/mol. The van der Waals surface area contributed by atoms with Crippen LogP contribution in [0.25, 0.3) is 0 Å². The van der Waals surface area contributed by atoms with E-state index in [1.54, 1.807) is 0 Å². The van der Waals surface area contributed by atoms with E-state index in [4.69, 9.17) is 4.74 Å². The summed E-state index contributed by atoms with van der Waals surface area (Å²) < 4.78 is 5.53. The van der Waals surface area contributed by atoms with Gasteiger partial charge in [-0.1, -0.05) is 6.92 Å². The number of ether oxygens (including phenoxy) is 1. The summed E-state index contributed by atoms with van der Waals surface area (Å²) in [6.07, 6.45) is 2.87. The summed E-state index contributed by atoms with van der Waals surface area (Å²) in [5, 5.41) is 6.95. The van der Waals surface area contributed by atoms with Crippen molar-refractivity contribution in [3.05, 3.63) is 0 Å². The highest BCUT2D eigenvalue weighted by atomic mass is 16.5. The molecule has 0 aromatic heterocycles. The first-order chi connectivity index (χ1) is 7.24. The molecule has 1 aliphatic rings. The third kappa shape index (κ3) is 4.96. The molecule has 0 aromatic carbocycles. The van der Waals surface area contributed by atoms with Crippen molar-refractivity contribution >= 4 is 0 Å². The molecule has 3 nitrogen and oxygen atoms in total. The summed E-state index contributed by atoms with van der Waals surface area (Å²) in [7, 11) is 0. The maximum Gasteiger partial charge on any atom is 0.0588 e. The van der Waals surface area contributed by atoms with Crippen LogP contribution in [-0.4, -0.2) is 38.4 Å². The van der Waals surface area contributed by atoms with Crippen molar-refractivity contribution < 1.29 is 4.74 Å². The molecule has 90 valence electrons. The van der Waals surface area contributed by atoms with Crippen LogP contribution >= 0.6 is 0 Å². The Morgan fingerprint density at radius 3 is 2.87 bits per heavy atom. The fourth-order valence-electron chi connectivity index (χ4n) is 2.10. The molecule has 1 aliphatic heterocycles. The van der Waals surface area contributed by atoms with Crippen LogP contribution in [0.1, 0.15) is 33.6 Å². The van der Waals surface area contributed by atoms with E-state index in [2.05, 4.69) is 31.4 Å². The van der Waals surface area contributed by atoms with Crippen molar-refractivity contribution in [2.24, 2.45) is 5.92 Å². The molecule has 1 fully saturated rings. The molecule has 2 N–H and O–H groups in total. The summed E-state index contributed by atoms with van der Waals surface area (Å²) in [4.78, 5) is 0. The molecule has 0 bridgehead atoms. The van der Waals surface area contributed by atoms with Crippen LogP contribution in [0.3, 0.4) is 0 Å². The Hall–Kier alpha value is -0.120. The molecule has 0 aliphatic carbocycles. The van der Waals surface area contributed by atoms with Crippen molar-refractivity contribution in [3.63, 3.8) is 0 Å². The van der Waals surface area contributed by atoms with Gasteiger partial charge in [-0.05, 0) is 45.7 Å². The predicted molar refractivity (Wildman–Crippen MR) is 64.1 cm³/mol. The molecule has 3 atom stereocenters. The second kappa shape index (κ2) is 7.20. The van der Waals surface area contributed by atoms with E-state index < -0.39 is 0 Å². The lowest BCUT2D eigenvalue weighted by atomic mass is 10.0. The van der Waals surface area contributed by atoms with Crippen LogP contribution in [0.4, 0.5) is 0 Å². The first-order valence-corrected chi connectivity index (χ1v) is 6.29. The summed E-state index contributed by atoms with van der Waals surface area (Å²) in [5.74, 6) is 0.722.